The molecule has 0 bridgehead atoms. The molecule has 4 nitrogen and oxygen atoms in total. The van der Waals surface area contributed by atoms with E-state index in [1.165, 1.54) is 11.1 Å². The minimum Gasteiger partial charge on any atom is -0.310 e. The summed E-state index contributed by atoms with van der Waals surface area (Å²) >= 11 is 0. The fourth-order valence-corrected chi connectivity index (χ4v) is 3.60. The topological polar surface area (TPSA) is 49.4 Å². The zero-order chi connectivity index (χ0) is 14.6. The van der Waals surface area contributed by atoms with E-state index >= 15 is 0 Å². The lowest BCUT2D eigenvalue weighted by Gasteiger charge is -2.26. The molecule has 0 unspecified atom stereocenters. The summed E-state index contributed by atoms with van der Waals surface area (Å²) in [6, 6.07) is 9.00. The zero-order valence-electron chi connectivity index (χ0n) is 12.3. The van der Waals surface area contributed by atoms with E-state index in [0.717, 1.165) is 13.1 Å². The first-order valence-corrected chi connectivity index (χ1v) is 9.01. The Labute approximate surface area is 122 Å². The van der Waals surface area contributed by atoms with Gasteiger partial charge in [0.2, 0.25) is 0 Å². The van der Waals surface area contributed by atoms with Gasteiger partial charge in [0.05, 0.1) is 11.5 Å². The van der Waals surface area contributed by atoms with Gasteiger partial charge in [0.1, 0.15) is 0 Å². The molecule has 5 heteroatoms. The van der Waals surface area contributed by atoms with Crippen molar-refractivity contribution in [2.75, 3.05) is 24.6 Å². The van der Waals surface area contributed by atoms with Crippen LogP contribution < -0.4 is 5.32 Å². The number of rotatable bonds is 5. The van der Waals surface area contributed by atoms with Gasteiger partial charge in [0.15, 0.2) is 9.84 Å². The molecule has 1 heterocycles. The van der Waals surface area contributed by atoms with Crippen LogP contribution in [0.3, 0.4) is 0 Å². The Morgan fingerprint density at radius 1 is 1.20 bits per heavy atom. The van der Waals surface area contributed by atoms with Gasteiger partial charge in [-0.25, -0.2) is 8.42 Å². The Morgan fingerprint density at radius 2 is 1.85 bits per heavy atom. The standard InChI is InChI=1S/C15H24N2O2S/c1-13(2)16-11-14-4-3-5-15(10-14)12-17-6-8-20(18,19)9-7-17/h3-5,10,13,16H,6-9,11-12H2,1-2H3. The number of hydrogen-bond donors (Lipinski definition) is 1. The molecule has 0 radical (unpaired) electrons. The third kappa shape index (κ3) is 4.89. The summed E-state index contributed by atoms with van der Waals surface area (Å²) in [5, 5.41) is 3.41. The van der Waals surface area contributed by atoms with Crippen LogP contribution in [0.1, 0.15) is 25.0 Å². The summed E-state index contributed by atoms with van der Waals surface area (Å²) in [6.45, 7) is 7.29. The summed E-state index contributed by atoms with van der Waals surface area (Å²) < 4.78 is 22.8. The summed E-state index contributed by atoms with van der Waals surface area (Å²) in [5.74, 6) is 0.586. The smallest absolute Gasteiger partial charge is 0.152 e. The SMILES string of the molecule is CC(C)NCc1cccc(CN2CCS(=O)(=O)CC2)c1. The highest BCUT2D eigenvalue weighted by molar-refractivity contribution is 7.91. The van der Waals surface area contributed by atoms with Crippen LogP contribution in [0.2, 0.25) is 0 Å². The number of sulfone groups is 1. The van der Waals surface area contributed by atoms with Crippen LogP contribution >= 0.6 is 0 Å². The van der Waals surface area contributed by atoms with Crippen LogP contribution in [0.15, 0.2) is 24.3 Å². The van der Waals surface area contributed by atoms with Crippen molar-refractivity contribution in [2.24, 2.45) is 0 Å². The minimum absolute atomic E-state index is 0.293. The lowest BCUT2D eigenvalue weighted by atomic mass is 10.1. The number of nitrogens with one attached hydrogen (secondary N) is 1. The molecule has 1 fully saturated rings. The maximum Gasteiger partial charge on any atom is 0.152 e. The van der Waals surface area contributed by atoms with Crippen molar-refractivity contribution in [2.45, 2.75) is 33.0 Å². The van der Waals surface area contributed by atoms with E-state index in [0.29, 0.717) is 30.6 Å². The van der Waals surface area contributed by atoms with Gasteiger partial charge >= 0.3 is 0 Å². The number of hydrogen-bond acceptors (Lipinski definition) is 4. The lowest BCUT2D eigenvalue weighted by Crippen LogP contribution is -2.39. The fraction of sp³-hybridized carbons (Fsp3) is 0.600. The van der Waals surface area contributed by atoms with Gasteiger partial charge in [-0.2, -0.15) is 0 Å². The molecule has 112 valence electrons. The highest BCUT2D eigenvalue weighted by Gasteiger charge is 2.21. The quantitative estimate of drug-likeness (QED) is 0.893. The summed E-state index contributed by atoms with van der Waals surface area (Å²) in [7, 11) is -2.79. The average Bonchev–Trinajstić information content (AvgIpc) is 2.39. The zero-order valence-corrected chi connectivity index (χ0v) is 13.1. The van der Waals surface area contributed by atoms with Crippen LogP contribution in [0, 0.1) is 0 Å². The Hall–Kier alpha value is -0.910. The molecular formula is C15H24N2O2S. The van der Waals surface area contributed by atoms with Crippen LogP contribution in [0.4, 0.5) is 0 Å². The molecule has 1 aliphatic rings. The van der Waals surface area contributed by atoms with Gasteiger partial charge < -0.3 is 5.32 Å². The van der Waals surface area contributed by atoms with E-state index in [-0.39, 0.29) is 0 Å². The maximum absolute atomic E-state index is 11.4. The summed E-state index contributed by atoms with van der Waals surface area (Å²) in [5.41, 5.74) is 2.54. The summed E-state index contributed by atoms with van der Waals surface area (Å²) in [6.07, 6.45) is 0. The molecule has 1 aromatic rings. The van der Waals surface area contributed by atoms with E-state index in [1.807, 2.05) is 0 Å². The van der Waals surface area contributed by atoms with Gasteiger partial charge in [-0.05, 0) is 11.1 Å². The van der Waals surface area contributed by atoms with Gasteiger partial charge in [-0.15, -0.1) is 0 Å². The van der Waals surface area contributed by atoms with Gasteiger partial charge in [-0.3, -0.25) is 4.90 Å². The maximum atomic E-state index is 11.4. The normalized spacial score (nSPS) is 19.4. The Kier molecular flexibility index (Phi) is 5.18. The predicted octanol–water partition coefficient (Wildman–Crippen LogP) is 1.42. The second-order valence-electron chi connectivity index (χ2n) is 5.78. The van der Waals surface area contributed by atoms with Crippen LogP contribution in [0.5, 0.6) is 0 Å². The minimum atomic E-state index is -2.79. The Morgan fingerprint density at radius 3 is 2.50 bits per heavy atom. The second kappa shape index (κ2) is 6.70. The monoisotopic (exact) mass is 296 g/mol. The molecule has 0 saturated carbocycles. The molecule has 1 N–H and O–H groups in total. The van der Waals surface area contributed by atoms with Crippen molar-refractivity contribution in [1.82, 2.24) is 10.2 Å². The first-order chi connectivity index (χ1) is 9.44. The van der Waals surface area contributed by atoms with Crippen molar-refractivity contribution in [3.8, 4) is 0 Å². The first-order valence-electron chi connectivity index (χ1n) is 7.18. The van der Waals surface area contributed by atoms with Gasteiger partial charge in [0.25, 0.3) is 0 Å². The first kappa shape index (κ1) is 15.5. The van der Waals surface area contributed by atoms with Crippen molar-refractivity contribution in [3.05, 3.63) is 35.4 Å². The van der Waals surface area contributed by atoms with E-state index in [4.69, 9.17) is 0 Å². The molecule has 2 rings (SSSR count). The van der Waals surface area contributed by atoms with Crippen molar-refractivity contribution < 1.29 is 8.42 Å². The molecule has 20 heavy (non-hydrogen) atoms. The molecule has 1 aliphatic heterocycles. The molecule has 0 aliphatic carbocycles. The molecule has 0 amide bonds. The average molecular weight is 296 g/mol. The van der Waals surface area contributed by atoms with E-state index < -0.39 is 9.84 Å². The molecule has 1 aromatic carbocycles. The predicted molar refractivity (Wildman–Crippen MR) is 82.3 cm³/mol. The Balaban J connectivity index is 1.91. The third-order valence-corrected chi connectivity index (χ3v) is 5.16. The molecular weight excluding hydrogens is 272 g/mol. The molecule has 1 saturated heterocycles. The third-order valence-electron chi connectivity index (χ3n) is 3.55. The second-order valence-corrected chi connectivity index (χ2v) is 8.09. The molecule has 0 aromatic heterocycles. The van der Waals surface area contributed by atoms with E-state index in [2.05, 4.69) is 48.3 Å². The van der Waals surface area contributed by atoms with Crippen LogP contribution in [-0.4, -0.2) is 44.0 Å². The van der Waals surface area contributed by atoms with Crippen LogP contribution in [-0.2, 0) is 22.9 Å². The van der Waals surface area contributed by atoms with E-state index in [1.54, 1.807) is 0 Å². The highest BCUT2D eigenvalue weighted by Crippen LogP contribution is 2.11. The van der Waals surface area contributed by atoms with Gasteiger partial charge in [0, 0.05) is 32.2 Å². The fourth-order valence-electron chi connectivity index (χ4n) is 2.33. The van der Waals surface area contributed by atoms with Gasteiger partial charge in [-0.1, -0.05) is 38.1 Å². The summed E-state index contributed by atoms with van der Waals surface area (Å²) in [4.78, 5) is 2.22. The highest BCUT2D eigenvalue weighted by atomic mass is 32.2. The van der Waals surface area contributed by atoms with Crippen molar-refractivity contribution in [1.29, 1.82) is 0 Å². The van der Waals surface area contributed by atoms with Crippen LogP contribution in [0.25, 0.3) is 0 Å². The lowest BCUT2D eigenvalue weighted by molar-refractivity contribution is 0.287. The largest absolute Gasteiger partial charge is 0.310 e. The van der Waals surface area contributed by atoms with Crippen molar-refractivity contribution >= 4 is 9.84 Å². The number of benzene rings is 1. The van der Waals surface area contributed by atoms with Crippen molar-refractivity contribution in [3.63, 3.8) is 0 Å². The molecule has 0 atom stereocenters. The number of nitrogens with zero attached hydrogens (tertiary/aromatic N) is 1. The molecule has 0 spiro atoms. The Bertz CT molecular complexity index is 527. The van der Waals surface area contributed by atoms with E-state index in [9.17, 15) is 8.42 Å².